The number of nitrogens with one attached hydrogen (secondary N) is 1. The summed E-state index contributed by atoms with van der Waals surface area (Å²) in [6.45, 7) is 3.49. The van der Waals surface area contributed by atoms with Crippen LogP contribution in [0.15, 0.2) is 30.3 Å². The molecule has 1 amide bonds. The van der Waals surface area contributed by atoms with E-state index in [-0.39, 0.29) is 11.7 Å². The van der Waals surface area contributed by atoms with Crippen molar-refractivity contribution in [3.8, 4) is 0 Å². The van der Waals surface area contributed by atoms with E-state index >= 15 is 0 Å². The van der Waals surface area contributed by atoms with Gasteiger partial charge in [0.25, 0.3) is 0 Å². The van der Waals surface area contributed by atoms with E-state index in [0.717, 1.165) is 19.3 Å². The Morgan fingerprint density at radius 2 is 1.85 bits per heavy atom. The van der Waals surface area contributed by atoms with Crippen LogP contribution in [0.1, 0.15) is 51.1 Å². The molecule has 0 bridgehead atoms. The van der Waals surface area contributed by atoms with Crippen molar-refractivity contribution < 1.29 is 14.7 Å². The van der Waals surface area contributed by atoms with E-state index in [2.05, 4.69) is 12.2 Å². The number of unbranched alkanes of at least 4 members (excludes halogenated alkanes) is 2. The summed E-state index contributed by atoms with van der Waals surface area (Å²) in [5.74, 6) is -0.540. The Bertz CT molecular complexity index is 429. The minimum atomic E-state index is -1.10. The Kier molecular flexibility index (Phi) is 6.94. The maximum atomic E-state index is 12.0. The van der Waals surface area contributed by atoms with E-state index in [0.29, 0.717) is 12.0 Å². The van der Waals surface area contributed by atoms with Gasteiger partial charge in [-0.05, 0) is 18.9 Å². The number of rotatable bonds is 8. The Labute approximate surface area is 120 Å². The molecule has 0 aliphatic carbocycles. The van der Waals surface area contributed by atoms with Gasteiger partial charge in [0.05, 0.1) is 0 Å². The largest absolute Gasteiger partial charge is 0.386 e. The SMILES string of the molecule is CCCCCC(=O)N[C@H](C(=O)C(C)O)c1ccccc1. The van der Waals surface area contributed by atoms with E-state index in [1.807, 2.05) is 6.07 Å². The van der Waals surface area contributed by atoms with Crippen molar-refractivity contribution in [3.05, 3.63) is 35.9 Å². The quantitative estimate of drug-likeness (QED) is 0.717. The van der Waals surface area contributed by atoms with Crippen LogP contribution in [0.5, 0.6) is 0 Å². The summed E-state index contributed by atoms with van der Waals surface area (Å²) in [4.78, 5) is 23.9. The van der Waals surface area contributed by atoms with Gasteiger partial charge in [-0.25, -0.2) is 0 Å². The molecule has 1 rings (SSSR count). The molecule has 0 heterocycles. The molecule has 1 aromatic carbocycles. The first kappa shape index (κ1) is 16.4. The van der Waals surface area contributed by atoms with Gasteiger partial charge in [-0.2, -0.15) is 0 Å². The fraction of sp³-hybridized carbons (Fsp3) is 0.500. The van der Waals surface area contributed by atoms with Gasteiger partial charge in [0.2, 0.25) is 5.91 Å². The highest BCUT2D eigenvalue weighted by atomic mass is 16.3. The van der Waals surface area contributed by atoms with Crippen LogP contribution in [0.25, 0.3) is 0 Å². The third-order valence-electron chi connectivity index (χ3n) is 3.14. The Hall–Kier alpha value is -1.68. The lowest BCUT2D eigenvalue weighted by Gasteiger charge is -2.19. The van der Waals surface area contributed by atoms with Gasteiger partial charge in [-0.1, -0.05) is 50.1 Å². The zero-order chi connectivity index (χ0) is 15.0. The normalized spacial score (nSPS) is 13.6. The van der Waals surface area contributed by atoms with Crippen LogP contribution in [0.2, 0.25) is 0 Å². The van der Waals surface area contributed by atoms with Crippen molar-refractivity contribution in [3.63, 3.8) is 0 Å². The first-order valence-corrected chi connectivity index (χ1v) is 7.12. The van der Waals surface area contributed by atoms with Gasteiger partial charge >= 0.3 is 0 Å². The van der Waals surface area contributed by atoms with E-state index in [1.165, 1.54) is 6.92 Å². The molecule has 2 atom stereocenters. The number of ketones is 1. The predicted octanol–water partition coefficient (Wildman–Crippen LogP) is 2.37. The highest BCUT2D eigenvalue weighted by Crippen LogP contribution is 2.16. The standard InChI is InChI=1S/C16H23NO3/c1-3-4-6-11-14(19)17-15(16(20)12(2)18)13-9-7-5-8-10-13/h5,7-10,12,15,18H,3-4,6,11H2,1-2H3,(H,17,19)/t12?,15-/m0/s1. The van der Waals surface area contributed by atoms with Gasteiger partial charge in [-0.15, -0.1) is 0 Å². The number of Topliss-reactive ketones (excluding diaryl/α,β-unsaturated/α-hetero) is 1. The summed E-state index contributed by atoms with van der Waals surface area (Å²) in [6, 6.07) is 8.23. The molecule has 0 aliphatic heterocycles. The summed E-state index contributed by atoms with van der Waals surface area (Å²) >= 11 is 0. The fourth-order valence-electron chi connectivity index (χ4n) is 1.97. The van der Waals surface area contributed by atoms with Crippen LogP contribution in [0.4, 0.5) is 0 Å². The molecule has 0 saturated carbocycles. The van der Waals surface area contributed by atoms with Crippen molar-refractivity contribution in [1.29, 1.82) is 0 Å². The van der Waals surface area contributed by atoms with Crippen LogP contribution < -0.4 is 5.32 Å². The molecule has 0 spiro atoms. The van der Waals surface area contributed by atoms with Crippen molar-refractivity contribution in [2.24, 2.45) is 0 Å². The number of hydrogen-bond acceptors (Lipinski definition) is 3. The molecule has 2 N–H and O–H groups in total. The molecule has 0 aromatic heterocycles. The molecule has 4 heteroatoms. The molecule has 110 valence electrons. The maximum absolute atomic E-state index is 12.0. The first-order chi connectivity index (χ1) is 9.56. The maximum Gasteiger partial charge on any atom is 0.220 e. The van der Waals surface area contributed by atoms with Crippen LogP contribution >= 0.6 is 0 Å². The van der Waals surface area contributed by atoms with E-state index in [1.54, 1.807) is 24.3 Å². The van der Waals surface area contributed by atoms with Gasteiger partial charge < -0.3 is 10.4 Å². The molecule has 1 unspecified atom stereocenters. The second kappa shape index (κ2) is 8.48. The molecule has 0 aliphatic rings. The summed E-state index contributed by atoms with van der Waals surface area (Å²) < 4.78 is 0. The third-order valence-corrected chi connectivity index (χ3v) is 3.14. The third kappa shape index (κ3) is 5.13. The molecule has 4 nitrogen and oxygen atoms in total. The highest BCUT2D eigenvalue weighted by molar-refractivity contribution is 5.92. The van der Waals surface area contributed by atoms with Gasteiger partial charge in [0.1, 0.15) is 12.1 Å². The summed E-state index contributed by atoms with van der Waals surface area (Å²) in [6.07, 6.45) is 2.16. The molecular weight excluding hydrogens is 254 g/mol. The number of aliphatic hydroxyl groups is 1. The number of carbonyl (C=O) groups excluding carboxylic acids is 2. The predicted molar refractivity (Wildman–Crippen MR) is 78.2 cm³/mol. The minimum Gasteiger partial charge on any atom is -0.386 e. The molecule has 0 radical (unpaired) electrons. The second-order valence-corrected chi connectivity index (χ2v) is 4.95. The molecular formula is C16H23NO3. The van der Waals surface area contributed by atoms with Gasteiger partial charge in [0.15, 0.2) is 5.78 Å². The number of hydrogen-bond donors (Lipinski definition) is 2. The Balaban J connectivity index is 2.74. The second-order valence-electron chi connectivity index (χ2n) is 4.95. The monoisotopic (exact) mass is 277 g/mol. The van der Waals surface area contributed by atoms with E-state index < -0.39 is 12.1 Å². The average Bonchev–Trinajstić information content (AvgIpc) is 2.45. The Morgan fingerprint density at radius 1 is 1.20 bits per heavy atom. The zero-order valence-corrected chi connectivity index (χ0v) is 12.1. The minimum absolute atomic E-state index is 0.152. The van der Waals surface area contributed by atoms with Crippen LogP contribution in [0.3, 0.4) is 0 Å². The van der Waals surface area contributed by atoms with Gasteiger partial charge in [0, 0.05) is 6.42 Å². The molecule has 0 fully saturated rings. The average molecular weight is 277 g/mol. The first-order valence-electron chi connectivity index (χ1n) is 7.12. The molecule has 20 heavy (non-hydrogen) atoms. The smallest absolute Gasteiger partial charge is 0.220 e. The lowest BCUT2D eigenvalue weighted by molar-refractivity contribution is -0.132. The highest BCUT2D eigenvalue weighted by Gasteiger charge is 2.25. The lowest BCUT2D eigenvalue weighted by atomic mass is 9.99. The fourth-order valence-corrected chi connectivity index (χ4v) is 1.97. The summed E-state index contributed by atoms with van der Waals surface area (Å²) in [5.41, 5.74) is 0.697. The molecule has 0 saturated heterocycles. The van der Waals surface area contributed by atoms with Crippen molar-refractivity contribution >= 4 is 11.7 Å². The van der Waals surface area contributed by atoms with Crippen molar-refractivity contribution in [1.82, 2.24) is 5.32 Å². The van der Waals surface area contributed by atoms with Crippen LogP contribution in [0, 0.1) is 0 Å². The summed E-state index contributed by atoms with van der Waals surface area (Å²) in [7, 11) is 0. The van der Waals surface area contributed by atoms with Crippen LogP contribution in [-0.4, -0.2) is 22.9 Å². The lowest BCUT2D eigenvalue weighted by Crippen LogP contribution is -2.37. The topological polar surface area (TPSA) is 66.4 Å². The number of amides is 1. The number of carbonyl (C=O) groups is 2. The zero-order valence-electron chi connectivity index (χ0n) is 12.1. The molecule has 1 aromatic rings. The van der Waals surface area contributed by atoms with Gasteiger partial charge in [-0.3, -0.25) is 9.59 Å². The number of aliphatic hydroxyl groups excluding tert-OH is 1. The van der Waals surface area contributed by atoms with Crippen molar-refractivity contribution in [2.45, 2.75) is 51.7 Å². The van der Waals surface area contributed by atoms with E-state index in [9.17, 15) is 14.7 Å². The van der Waals surface area contributed by atoms with Crippen molar-refractivity contribution in [2.75, 3.05) is 0 Å². The summed E-state index contributed by atoms with van der Waals surface area (Å²) in [5, 5.41) is 12.2. The van der Waals surface area contributed by atoms with Crippen LogP contribution in [-0.2, 0) is 9.59 Å². The Morgan fingerprint density at radius 3 is 2.40 bits per heavy atom. The number of benzene rings is 1. The van der Waals surface area contributed by atoms with E-state index in [4.69, 9.17) is 0 Å².